The number of benzene rings is 2. The van der Waals surface area contributed by atoms with Gasteiger partial charge in [-0.3, -0.25) is 0 Å². The molecule has 0 saturated heterocycles. The van der Waals surface area contributed by atoms with Gasteiger partial charge >= 0.3 is 12.1 Å². The van der Waals surface area contributed by atoms with Gasteiger partial charge in [0, 0.05) is 6.42 Å². The van der Waals surface area contributed by atoms with Gasteiger partial charge in [-0.25, -0.2) is 9.59 Å². The summed E-state index contributed by atoms with van der Waals surface area (Å²) in [6.07, 6.45) is -0.409. The molecule has 2 rings (SSSR count). The van der Waals surface area contributed by atoms with Crippen LogP contribution in [-0.4, -0.2) is 30.8 Å². The smallest absolute Gasteiger partial charge is 0.408 e. The van der Waals surface area contributed by atoms with Gasteiger partial charge in [0.25, 0.3) is 0 Å². The molecule has 0 aromatic heterocycles. The van der Waals surface area contributed by atoms with Crippen molar-refractivity contribution in [2.24, 2.45) is 0 Å². The molecule has 0 spiro atoms. The highest BCUT2D eigenvalue weighted by atomic mass is 16.6. The highest BCUT2D eigenvalue weighted by Crippen LogP contribution is 2.17. The normalized spacial score (nSPS) is 12.0. The van der Waals surface area contributed by atoms with Gasteiger partial charge in [0.15, 0.2) is 0 Å². The summed E-state index contributed by atoms with van der Waals surface area (Å²) in [5.74, 6) is 0.142. The number of carbonyl (C=O) groups is 2. The standard InChI is InChI=1S/C22H27NO5/c1-22(2,3)28-21(25)23-19(20(24)26-4)14-17-11-8-12-18(13-17)27-15-16-9-6-5-7-10-16/h5-13,19H,14-15H2,1-4H3,(H,23,25). The van der Waals surface area contributed by atoms with Crippen LogP contribution in [0.3, 0.4) is 0 Å². The largest absolute Gasteiger partial charge is 0.489 e. The number of hydrogen-bond acceptors (Lipinski definition) is 5. The van der Waals surface area contributed by atoms with Gasteiger partial charge in [0.1, 0.15) is 24.0 Å². The lowest BCUT2D eigenvalue weighted by atomic mass is 10.1. The van der Waals surface area contributed by atoms with E-state index in [1.807, 2.05) is 54.6 Å². The van der Waals surface area contributed by atoms with E-state index in [2.05, 4.69) is 5.32 Å². The highest BCUT2D eigenvalue weighted by molar-refractivity contribution is 5.81. The monoisotopic (exact) mass is 385 g/mol. The number of ether oxygens (including phenoxy) is 3. The number of amides is 1. The first-order chi connectivity index (χ1) is 13.3. The third kappa shape index (κ3) is 7.31. The maximum atomic E-state index is 12.1. The average molecular weight is 385 g/mol. The Balaban J connectivity index is 2.03. The van der Waals surface area contributed by atoms with Crippen LogP contribution >= 0.6 is 0 Å². The lowest BCUT2D eigenvalue weighted by Gasteiger charge is -2.22. The second kappa shape index (κ2) is 9.78. The summed E-state index contributed by atoms with van der Waals surface area (Å²) in [5.41, 5.74) is 1.24. The molecule has 0 aliphatic carbocycles. The van der Waals surface area contributed by atoms with Crippen LogP contribution in [-0.2, 0) is 27.3 Å². The molecule has 28 heavy (non-hydrogen) atoms. The van der Waals surface area contributed by atoms with Crippen LogP contribution in [0.5, 0.6) is 5.75 Å². The van der Waals surface area contributed by atoms with Crippen molar-refractivity contribution in [3.8, 4) is 5.75 Å². The van der Waals surface area contributed by atoms with Crippen molar-refractivity contribution in [3.05, 3.63) is 65.7 Å². The Bertz CT molecular complexity index is 783. The maximum absolute atomic E-state index is 12.1. The van der Waals surface area contributed by atoms with Gasteiger partial charge in [-0.1, -0.05) is 42.5 Å². The van der Waals surface area contributed by atoms with Crippen molar-refractivity contribution in [1.82, 2.24) is 5.32 Å². The molecule has 0 aliphatic heterocycles. The van der Waals surface area contributed by atoms with Gasteiger partial charge in [0.05, 0.1) is 7.11 Å². The Hall–Kier alpha value is -3.02. The first-order valence-electron chi connectivity index (χ1n) is 9.10. The first kappa shape index (κ1) is 21.3. The lowest BCUT2D eigenvalue weighted by molar-refractivity contribution is -0.143. The molecule has 150 valence electrons. The van der Waals surface area contributed by atoms with Crippen molar-refractivity contribution >= 4 is 12.1 Å². The lowest BCUT2D eigenvalue weighted by Crippen LogP contribution is -2.45. The zero-order valence-corrected chi connectivity index (χ0v) is 16.7. The summed E-state index contributed by atoms with van der Waals surface area (Å²) in [7, 11) is 1.28. The van der Waals surface area contributed by atoms with Gasteiger partial charge in [-0.05, 0) is 44.0 Å². The van der Waals surface area contributed by atoms with Crippen LogP contribution in [0.15, 0.2) is 54.6 Å². The Morgan fingerprint density at radius 3 is 2.32 bits per heavy atom. The summed E-state index contributed by atoms with van der Waals surface area (Å²) < 4.78 is 15.9. The van der Waals surface area contributed by atoms with E-state index < -0.39 is 23.7 Å². The van der Waals surface area contributed by atoms with Crippen LogP contribution in [0, 0.1) is 0 Å². The molecule has 0 bridgehead atoms. The summed E-state index contributed by atoms with van der Waals surface area (Å²) in [6, 6.07) is 16.4. The van der Waals surface area contributed by atoms with Crippen LogP contribution in [0.25, 0.3) is 0 Å². The molecular formula is C22H27NO5. The number of nitrogens with one attached hydrogen (secondary N) is 1. The molecule has 1 unspecified atom stereocenters. The number of alkyl carbamates (subject to hydrolysis) is 1. The molecular weight excluding hydrogens is 358 g/mol. The van der Waals surface area contributed by atoms with Crippen molar-refractivity contribution in [2.45, 2.75) is 45.4 Å². The minimum absolute atomic E-state index is 0.258. The number of methoxy groups -OCH3 is 1. The van der Waals surface area contributed by atoms with E-state index in [9.17, 15) is 9.59 Å². The van der Waals surface area contributed by atoms with E-state index >= 15 is 0 Å². The van der Waals surface area contributed by atoms with Gasteiger partial charge in [-0.2, -0.15) is 0 Å². The minimum atomic E-state index is -0.857. The highest BCUT2D eigenvalue weighted by Gasteiger charge is 2.25. The van der Waals surface area contributed by atoms with Crippen LogP contribution in [0.2, 0.25) is 0 Å². The first-order valence-corrected chi connectivity index (χ1v) is 9.10. The Morgan fingerprint density at radius 1 is 1.00 bits per heavy atom. The summed E-state index contributed by atoms with van der Waals surface area (Å²) in [6.45, 7) is 5.72. The Labute approximate surface area is 165 Å². The zero-order valence-electron chi connectivity index (χ0n) is 16.7. The fourth-order valence-electron chi connectivity index (χ4n) is 2.52. The molecule has 1 N–H and O–H groups in total. The average Bonchev–Trinajstić information content (AvgIpc) is 2.65. The number of esters is 1. The number of rotatable bonds is 7. The quantitative estimate of drug-likeness (QED) is 0.733. The van der Waals surface area contributed by atoms with E-state index in [1.165, 1.54) is 7.11 Å². The predicted octanol–water partition coefficient (Wildman–Crippen LogP) is 3.87. The SMILES string of the molecule is COC(=O)C(Cc1cccc(OCc2ccccc2)c1)NC(=O)OC(C)(C)C. The molecule has 0 aliphatic rings. The molecule has 0 heterocycles. The van der Waals surface area contributed by atoms with E-state index in [-0.39, 0.29) is 6.42 Å². The Morgan fingerprint density at radius 2 is 1.68 bits per heavy atom. The van der Waals surface area contributed by atoms with Crippen LogP contribution in [0.1, 0.15) is 31.9 Å². The van der Waals surface area contributed by atoms with Crippen molar-refractivity contribution in [1.29, 1.82) is 0 Å². The topological polar surface area (TPSA) is 73.9 Å². The van der Waals surface area contributed by atoms with Crippen LogP contribution in [0.4, 0.5) is 4.79 Å². The fraction of sp³-hybridized carbons (Fsp3) is 0.364. The molecule has 0 fully saturated rings. The summed E-state index contributed by atoms with van der Waals surface area (Å²) >= 11 is 0. The van der Waals surface area contributed by atoms with Gasteiger partial charge in [-0.15, -0.1) is 0 Å². The maximum Gasteiger partial charge on any atom is 0.408 e. The molecule has 2 aromatic rings. The minimum Gasteiger partial charge on any atom is -0.489 e. The van der Waals surface area contributed by atoms with Crippen molar-refractivity contribution in [2.75, 3.05) is 7.11 Å². The predicted molar refractivity (Wildman–Crippen MR) is 106 cm³/mol. The molecule has 0 radical (unpaired) electrons. The summed E-state index contributed by atoms with van der Waals surface area (Å²) in [4.78, 5) is 24.1. The van der Waals surface area contributed by atoms with E-state index in [1.54, 1.807) is 20.8 Å². The second-order valence-electron chi connectivity index (χ2n) is 7.35. The number of hydrogen-bond donors (Lipinski definition) is 1. The van der Waals surface area contributed by atoms with Crippen molar-refractivity contribution in [3.63, 3.8) is 0 Å². The van der Waals surface area contributed by atoms with Crippen molar-refractivity contribution < 1.29 is 23.8 Å². The van der Waals surface area contributed by atoms with Gasteiger partial charge in [0.2, 0.25) is 0 Å². The number of carbonyl (C=O) groups excluding carboxylic acids is 2. The second-order valence-corrected chi connectivity index (χ2v) is 7.35. The molecule has 1 atom stereocenters. The zero-order chi connectivity index (χ0) is 20.6. The summed E-state index contributed by atoms with van der Waals surface area (Å²) in [5, 5.41) is 2.57. The third-order valence-electron chi connectivity index (χ3n) is 3.76. The molecule has 0 saturated carbocycles. The van der Waals surface area contributed by atoms with E-state index in [4.69, 9.17) is 14.2 Å². The molecule has 6 nitrogen and oxygen atoms in total. The Kier molecular flexibility index (Phi) is 7.44. The van der Waals surface area contributed by atoms with E-state index in [0.29, 0.717) is 12.4 Å². The van der Waals surface area contributed by atoms with Gasteiger partial charge < -0.3 is 19.5 Å². The van der Waals surface area contributed by atoms with Crippen LogP contribution < -0.4 is 10.1 Å². The van der Waals surface area contributed by atoms with E-state index in [0.717, 1.165) is 11.1 Å². The molecule has 1 amide bonds. The molecule has 6 heteroatoms. The fourth-order valence-corrected chi connectivity index (χ4v) is 2.52. The third-order valence-corrected chi connectivity index (χ3v) is 3.76. The molecule has 2 aromatic carbocycles.